The van der Waals surface area contributed by atoms with E-state index in [0.29, 0.717) is 17.9 Å². The smallest absolute Gasteiger partial charge is 0.267 e. The number of hydrogen-bond donors (Lipinski definition) is 2. The van der Waals surface area contributed by atoms with Crippen molar-refractivity contribution in [3.05, 3.63) is 52.9 Å². The van der Waals surface area contributed by atoms with Crippen LogP contribution in [0.1, 0.15) is 36.7 Å². The molecule has 2 unspecified atom stereocenters. The van der Waals surface area contributed by atoms with Gasteiger partial charge in [-0.2, -0.15) is 5.10 Å². The zero-order valence-corrected chi connectivity index (χ0v) is 17.4. The average molecular weight is 385 g/mol. The van der Waals surface area contributed by atoms with Gasteiger partial charge in [0.1, 0.15) is 0 Å². The molecule has 1 aromatic rings. The second-order valence-corrected chi connectivity index (χ2v) is 8.04. The summed E-state index contributed by atoms with van der Waals surface area (Å²) < 4.78 is 1.98. The quantitative estimate of drug-likeness (QED) is 0.449. The van der Waals surface area contributed by atoms with Gasteiger partial charge in [-0.1, -0.05) is 25.2 Å². The van der Waals surface area contributed by atoms with Crippen LogP contribution in [-0.4, -0.2) is 44.9 Å². The van der Waals surface area contributed by atoms with Crippen LogP contribution in [0.3, 0.4) is 0 Å². The number of hydroxylamine groups is 1. The number of nitrogens with zero attached hydrogens (tertiary/aromatic N) is 3. The fraction of sp³-hybridized carbons (Fsp3) is 0.545. The number of carbonyl (C=O) groups excluding carboxylic acids is 1. The Bertz CT molecular complexity index is 806. The van der Waals surface area contributed by atoms with Crippen molar-refractivity contribution in [2.24, 2.45) is 18.9 Å². The van der Waals surface area contributed by atoms with Crippen molar-refractivity contribution in [3.8, 4) is 0 Å². The summed E-state index contributed by atoms with van der Waals surface area (Å²) >= 11 is 0. The molecule has 0 spiro atoms. The van der Waals surface area contributed by atoms with E-state index in [1.807, 2.05) is 11.7 Å². The Kier molecular flexibility index (Phi) is 6.52. The van der Waals surface area contributed by atoms with Gasteiger partial charge in [0.05, 0.1) is 5.69 Å². The van der Waals surface area contributed by atoms with Crippen LogP contribution in [0.2, 0.25) is 0 Å². The van der Waals surface area contributed by atoms with Crippen LogP contribution in [-0.2, 0) is 18.3 Å². The first-order chi connectivity index (χ1) is 13.4. The lowest BCUT2D eigenvalue weighted by molar-refractivity contribution is -0.124. The minimum Gasteiger partial charge on any atom is -0.299 e. The van der Waals surface area contributed by atoms with Gasteiger partial charge in [0.2, 0.25) is 0 Å². The topological polar surface area (TPSA) is 70.4 Å². The molecule has 0 aromatic carbocycles. The predicted octanol–water partition coefficient (Wildman–Crippen LogP) is 2.85. The number of allylic oxidation sites excluding steroid dienone is 4. The molecular weight excluding hydrogens is 352 g/mol. The Hall–Kier alpha value is -2.18. The maximum atomic E-state index is 11.2. The third-order valence-corrected chi connectivity index (χ3v) is 6.28. The minimum absolute atomic E-state index is 0.411. The molecular formula is C22H32N4O2. The van der Waals surface area contributed by atoms with Crippen LogP contribution in [0.25, 0.3) is 0 Å². The first-order valence-electron chi connectivity index (χ1n) is 10.2. The van der Waals surface area contributed by atoms with Crippen molar-refractivity contribution in [2.75, 3.05) is 13.1 Å². The minimum atomic E-state index is -0.507. The van der Waals surface area contributed by atoms with Gasteiger partial charge >= 0.3 is 0 Å². The molecule has 2 N–H and O–H groups in total. The van der Waals surface area contributed by atoms with Crippen molar-refractivity contribution in [3.63, 3.8) is 0 Å². The largest absolute Gasteiger partial charge is 0.299 e. The molecule has 1 fully saturated rings. The number of rotatable bonds is 6. The first-order valence-corrected chi connectivity index (χ1v) is 10.2. The van der Waals surface area contributed by atoms with Crippen LogP contribution in [0.15, 0.2) is 36.0 Å². The van der Waals surface area contributed by atoms with Crippen LogP contribution in [0.5, 0.6) is 0 Å². The lowest BCUT2D eigenvalue weighted by Crippen LogP contribution is -2.39. The molecule has 1 amide bonds. The molecule has 6 heteroatoms. The van der Waals surface area contributed by atoms with E-state index in [2.05, 4.69) is 49.0 Å². The SMILES string of the molecule is Cc1nn(C)c(C)c1CCN1CCC[C@@H]1C1C=CC(/C=C/C(=O)NO)=CC1C. The summed E-state index contributed by atoms with van der Waals surface area (Å²) in [4.78, 5) is 13.8. The molecule has 0 radical (unpaired) electrons. The van der Waals surface area contributed by atoms with Crippen LogP contribution < -0.4 is 5.48 Å². The third kappa shape index (κ3) is 4.45. The standard InChI is InChI=1S/C22H32N4O2/c1-15-14-18(8-10-22(27)24-28)7-9-19(15)21-6-5-12-26(21)13-11-20-16(2)23-25(4)17(20)3/h7-10,14-15,19,21,28H,5-6,11-13H2,1-4H3,(H,24,27)/b10-8+/t15?,19?,21-/m1/s1. The van der Waals surface area contributed by atoms with Crippen LogP contribution in [0, 0.1) is 25.7 Å². The van der Waals surface area contributed by atoms with E-state index in [9.17, 15) is 4.79 Å². The van der Waals surface area contributed by atoms with E-state index in [-0.39, 0.29) is 0 Å². The van der Waals surface area contributed by atoms with E-state index in [4.69, 9.17) is 5.21 Å². The highest BCUT2D eigenvalue weighted by molar-refractivity contribution is 5.87. The zero-order valence-electron chi connectivity index (χ0n) is 17.4. The van der Waals surface area contributed by atoms with Crippen molar-refractivity contribution < 1.29 is 10.0 Å². The van der Waals surface area contributed by atoms with Crippen molar-refractivity contribution >= 4 is 5.91 Å². The molecule has 3 atom stereocenters. The van der Waals surface area contributed by atoms with E-state index >= 15 is 0 Å². The number of nitrogens with one attached hydrogen (secondary N) is 1. The molecule has 3 rings (SSSR count). The maximum Gasteiger partial charge on any atom is 0.267 e. The van der Waals surface area contributed by atoms with Crippen molar-refractivity contribution in [1.29, 1.82) is 0 Å². The van der Waals surface area contributed by atoms with E-state index in [1.54, 1.807) is 11.6 Å². The summed E-state index contributed by atoms with van der Waals surface area (Å²) in [6.45, 7) is 8.74. The lowest BCUT2D eigenvalue weighted by atomic mass is 9.81. The van der Waals surface area contributed by atoms with Crippen LogP contribution in [0.4, 0.5) is 0 Å². The summed E-state index contributed by atoms with van der Waals surface area (Å²) in [6.07, 6.45) is 13.2. The van der Waals surface area contributed by atoms with Gasteiger partial charge in [-0.05, 0) is 68.7 Å². The van der Waals surface area contributed by atoms with E-state index in [0.717, 1.165) is 30.8 Å². The molecule has 1 saturated heterocycles. The van der Waals surface area contributed by atoms with Crippen molar-refractivity contribution in [1.82, 2.24) is 20.2 Å². The normalized spacial score (nSPS) is 25.5. The lowest BCUT2D eigenvalue weighted by Gasteiger charge is -2.34. The van der Waals surface area contributed by atoms with E-state index in [1.165, 1.54) is 30.2 Å². The van der Waals surface area contributed by atoms with Gasteiger partial charge in [-0.25, -0.2) is 5.48 Å². The molecule has 28 heavy (non-hydrogen) atoms. The summed E-state index contributed by atoms with van der Waals surface area (Å²) in [7, 11) is 2.02. The molecule has 1 aromatic heterocycles. The van der Waals surface area contributed by atoms with Crippen LogP contribution >= 0.6 is 0 Å². The fourth-order valence-corrected chi connectivity index (χ4v) is 4.67. The Morgan fingerprint density at radius 2 is 2.21 bits per heavy atom. The van der Waals surface area contributed by atoms with Gasteiger partial charge in [0, 0.05) is 31.4 Å². The Labute approximate surface area is 167 Å². The highest BCUT2D eigenvalue weighted by atomic mass is 16.5. The predicted molar refractivity (Wildman–Crippen MR) is 110 cm³/mol. The third-order valence-electron chi connectivity index (χ3n) is 6.28. The number of carbonyl (C=O) groups is 1. The molecule has 1 aliphatic heterocycles. The van der Waals surface area contributed by atoms with Gasteiger partial charge in [0.25, 0.3) is 5.91 Å². The fourth-order valence-electron chi connectivity index (χ4n) is 4.67. The van der Waals surface area contributed by atoms with Crippen molar-refractivity contribution in [2.45, 2.75) is 46.1 Å². The highest BCUT2D eigenvalue weighted by Crippen LogP contribution is 2.34. The monoisotopic (exact) mass is 384 g/mol. The second kappa shape index (κ2) is 8.88. The summed E-state index contributed by atoms with van der Waals surface area (Å²) in [5.41, 5.74) is 6.43. The molecule has 152 valence electrons. The van der Waals surface area contributed by atoms with Gasteiger partial charge < -0.3 is 0 Å². The van der Waals surface area contributed by atoms with Gasteiger partial charge in [-0.15, -0.1) is 0 Å². The molecule has 1 aliphatic carbocycles. The second-order valence-electron chi connectivity index (χ2n) is 8.04. The summed E-state index contributed by atoms with van der Waals surface area (Å²) in [6, 6.07) is 0.561. The highest BCUT2D eigenvalue weighted by Gasteiger charge is 2.33. The molecule has 0 bridgehead atoms. The number of amides is 1. The number of aromatic nitrogens is 2. The van der Waals surface area contributed by atoms with Gasteiger partial charge in [0.15, 0.2) is 0 Å². The zero-order chi connectivity index (χ0) is 20.3. The number of aryl methyl sites for hydroxylation is 2. The summed E-state index contributed by atoms with van der Waals surface area (Å²) in [5.74, 6) is 0.392. The molecule has 2 aliphatic rings. The number of likely N-dealkylation sites (tertiary alicyclic amines) is 1. The molecule has 2 heterocycles. The Morgan fingerprint density at radius 1 is 1.43 bits per heavy atom. The summed E-state index contributed by atoms with van der Waals surface area (Å²) in [5, 5.41) is 13.2. The Morgan fingerprint density at radius 3 is 2.86 bits per heavy atom. The van der Waals surface area contributed by atoms with Gasteiger partial charge in [-0.3, -0.25) is 19.6 Å². The number of hydrogen-bond acceptors (Lipinski definition) is 4. The average Bonchev–Trinajstić information content (AvgIpc) is 3.22. The maximum absolute atomic E-state index is 11.2. The van der Waals surface area contributed by atoms with E-state index < -0.39 is 5.91 Å². The molecule has 0 saturated carbocycles. The first kappa shape index (κ1) is 20.6. The molecule has 6 nitrogen and oxygen atoms in total. The Balaban J connectivity index is 1.63.